The summed E-state index contributed by atoms with van der Waals surface area (Å²) in [4.78, 5) is 0. The summed E-state index contributed by atoms with van der Waals surface area (Å²) >= 11 is 8.34. The molecule has 4 heteroatoms. The van der Waals surface area contributed by atoms with Gasteiger partial charge in [-0.1, -0.05) is 11.6 Å². The zero-order valence-corrected chi connectivity index (χ0v) is 11.1. The summed E-state index contributed by atoms with van der Waals surface area (Å²) in [5.41, 5.74) is 0.919. The van der Waals surface area contributed by atoms with E-state index in [4.69, 9.17) is 11.6 Å². The number of anilines is 1. The Hall–Kier alpha value is -0.0000000000000000555. The summed E-state index contributed by atoms with van der Waals surface area (Å²) in [6.07, 6.45) is 2.75. The van der Waals surface area contributed by atoms with Gasteiger partial charge in [0.25, 0.3) is 0 Å². The highest BCUT2D eigenvalue weighted by molar-refractivity contribution is 14.1. The standard InChI is InChI=1S/C11H13ClINO/c12-8-6-7(13)4-5-9(8)14-10-2-1-3-11(10)15/h4-6,10-11,14-15H,1-3H2. The summed E-state index contributed by atoms with van der Waals surface area (Å²) in [5, 5.41) is 13.7. The number of benzene rings is 1. The molecule has 0 aromatic heterocycles. The highest BCUT2D eigenvalue weighted by Crippen LogP contribution is 2.28. The number of aliphatic hydroxyl groups is 1. The highest BCUT2D eigenvalue weighted by Gasteiger charge is 2.25. The van der Waals surface area contributed by atoms with Gasteiger partial charge in [0.2, 0.25) is 0 Å². The minimum atomic E-state index is -0.236. The molecule has 82 valence electrons. The van der Waals surface area contributed by atoms with E-state index in [0.717, 1.165) is 33.5 Å². The van der Waals surface area contributed by atoms with Crippen molar-refractivity contribution in [3.05, 3.63) is 26.8 Å². The topological polar surface area (TPSA) is 32.3 Å². The second kappa shape index (κ2) is 4.89. The number of hydrogen-bond acceptors (Lipinski definition) is 2. The van der Waals surface area contributed by atoms with Gasteiger partial charge in [-0.2, -0.15) is 0 Å². The first kappa shape index (κ1) is 11.5. The van der Waals surface area contributed by atoms with Gasteiger partial charge in [-0.25, -0.2) is 0 Å². The van der Waals surface area contributed by atoms with Gasteiger partial charge in [0.05, 0.1) is 22.9 Å². The number of aliphatic hydroxyl groups excluding tert-OH is 1. The normalized spacial score (nSPS) is 25.5. The van der Waals surface area contributed by atoms with Gasteiger partial charge in [-0.05, 0) is 60.1 Å². The van der Waals surface area contributed by atoms with Gasteiger partial charge < -0.3 is 10.4 Å². The third-order valence-electron chi connectivity index (χ3n) is 2.75. The quantitative estimate of drug-likeness (QED) is 0.812. The largest absolute Gasteiger partial charge is 0.391 e. The van der Waals surface area contributed by atoms with Crippen molar-refractivity contribution in [3.8, 4) is 0 Å². The molecule has 0 amide bonds. The maximum absolute atomic E-state index is 9.69. The number of rotatable bonds is 2. The van der Waals surface area contributed by atoms with Gasteiger partial charge in [0, 0.05) is 3.57 Å². The SMILES string of the molecule is OC1CCCC1Nc1ccc(I)cc1Cl. The molecular weight excluding hydrogens is 324 g/mol. The second-order valence-corrected chi connectivity index (χ2v) is 5.53. The maximum Gasteiger partial charge on any atom is 0.0741 e. The first-order valence-electron chi connectivity index (χ1n) is 5.06. The summed E-state index contributed by atoms with van der Waals surface area (Å²) in [6, 6.07) is 6.05. The molecular formula is C11H13ClINO. The van der Waals surface area contributed by atoms with E-state index in [-0.39, 0.29) is 12.1 Å². The van der Waals surface area contributed by atoms with E-state index < -0.39 is 0 Å². The summed E-state index contributed by atoms with van der Waals surface area (Å²) in [6.45, 7) is 0. The Labute approximate surface area is 108 Å². The Kier molecular flexibility index (Phi) is 3.74. The average Bonchev–Trinajstić information content (AvgIpc) is 2.57. The molecule has 0 bridgehead atoms. The van der Waals surface area contributed by atoms with E-state index in [9.17, 15) is 5.11 Å². The molecule has 1 aliphatic rings. The molecule has 2 atom stereocenters. The lowest BCUT2D eigenvalue weighted by molar-refractivity contribution is 0.172. The number of nitrogens with one attached hydrogen (secondary N) is 1. The molecule has 0 aliphatic heterocycles. The van der Waals surface area contributed by atoms with Crippen LogP contribution in [0.2, 0.25) is 5.02 Å². The predicted octanol–water partition coefficient (Wildman–Crippen LogP) is 3.27. The van der Waals surface area contributed by atoms with Crippen LogP contribution in [-0.2, 0) is 0 Å². The minimum Gasteiger partial charge on any atom is -0.391 e. The lowest BCUT2D eigenvalue weighted by Crippen LogP contribution is -2.27. The molecule has 0 radical (unpaired) electrons. The summed E-state index contributed by atoms with van der Waals surface area (Å²) < 4.78 is 1.12. The fraction of sp³-hybridized carbons (Fsp3) is 0.455. The Morgan fingerprint density at radius 2 is 2.20 bits per heavy atom. The molecule has 0 heterocycles. The van der Waals surface area contributed by atoms with Crippen LogP contribution in [-0.4, -0.2) is 17.3 Å². The van der Waals surface area contributed by atoms with Crippen molar-refractivity contribution in [2.24, 2.45) is 0 Å². The smallest absolute Gasteiger partial charge is 0.0741 e. The molecule has 0 saturated heterocycles. The van der Waals surface area contributed by atoms with Gasteiger partial charge in [0.15, 0.2) is 0 Å². The number of halogens is 2. The summed E-state index contributed by atoms with van der Waals surface area (Å²) in [7, 11) is 0. The van der Waals surface area contributed by atoms with Gasteiger partial charge in [-0.3, -0.25) is 0 Å². The molecule has 0 spiro atoms. The van der Waals surface area contributed by atoms with E-state index in [2.05, 4.69) is 27.9 Å². The molecule has 2 rings (SSSR count). The Morgan fingerprint density at radius 1 is 1.40 bits per heavy atom. The molecule has 1 aromatic carbocycles. The van der Waals surface area contributed by atoms with Crippen molar-refractivity contribution >= 4 is 39.9 Å². The first-order valence-corrected chi connectivity index (χ1v) is 6.52. The maximum atomic E-state index is 9.69. The van der Waals surface area contributed by atoms with E-state index in [0.29, 0.717) is 0 Å². The van der Waals surface area contributed by atoms with Crippen LogP contribution in [0.5, 0.6) is 0 Å². The van der Waals surface area contributed by atoms with Gasteiger partial charge in [-0.15, -0.1) is 0 Å². The molecule has 1 saturated carbocycles. The van der Waals surface area contributed by atoms with Gasteiger partial charge >= 0.3 is 0 Å². The van der Waals surface area contributed by atoms with E-state index in [1.807, 2.05) is 18.2 Å². The third-order valence-corrected chi connectivity index (χ3v) is 3.74. The van der Waals surface area contributed by atoms with Crippen LogP contribution < -0.4 is 5.32 Å². The van der Waals surface area contributed by atoms with Crippen molar-refractivity contribution in [1.82, 2.24) is 0 Å². The van der Waals surface area contributed by atoms with E-state index in [1.54, 1.807) is 0 Å². The van der Waals surface area contributed by atoms with Crippen molar-refractivity contribution in [2.75, 3.05) is 5.32 Å². The Morgan fingerprint density at radius 3 is 2.80 bits per heavy atom. The highest BCUT2D eigenvalue weighted by atomic mass is 127. The van der Waals surface area contributed by atoms with Crippen LogP contribution in [0, 0.1) is 3.57 Å². The Balaban J connectivity index is 2.10. The van der Waals surface area contributed by atoms with Crippen LogP contribution >= 0.6 is 34.2 Å². The van der Waals surface area contributed by atoms with E-state index >= 15 is 0 Å². The zero-order valence-electron chi connectivity index (χ0n) is 8.21. The fourth-order valence-electron chi connectivity index (χ4n) is 1.92. The minimum absolute atomic E-state index is 0.155. The average molecular weight is 338 g/mol. The molecule has 15 heavy (non-hydrogen) atoms. The fourth-order valence-corrected chi connectivity index (χ4v) is 2.83. The molecule has 2 unspecified atom stereocenters. The van der Waals surface area contributed by atoms with Crippen LogP contribution in [0.1, 0.15) is 19.3 Å². The van der Waals surface area contributed by atoms with Crippen LogP contribution in [0.4, 0.5) is 5.69 Å². The van der Waals surface area contributed by atoms with Crippen molar-refractivity contribution < 1.29 is 5.11 Å². The third kappa shape index (κ3) is 2.77. The van der Waals surface area contributed by atoms with Crippen LogP contribution in [0.25, 0.3) is 0 Å². The van der Waals surface area contributed by atoms with Crippen molar-refractivity contribution in [3.63, 3.8) is 0 Å². The lowest BCUT2D eigenvalue weighted by Gasteiger charge is -2.18. The zero-order chi connectivity index (χ0) is 10.8. The molecule has 1 aromatic rings. The van der Waals surface area contributed by atoms with Crippen LogP contribution in [0.3, 0.4) is 0 Å². The number of hydrogen-bond donors (Lipinski definition) is 2. The van der Waals surface area contributed by atoms with Crippen LogP contribution in [0.15, 0.2) is 18.2 Å². The summed E-state index contributed by atoms with van der Waals surface area (Å²) in [5.74, 6) is 0. The molecule has 1 fully saturated rings. The van der Waals surface area contributed by atoms with Crippen molar-refractivity contribution in [2.45, 2.75) is 31.4 Å². The second-order valence-electron chi connectivity index (χ2n) is 3.87. The first-order chi connectivity index (χ1) is 7.16. The lowest BCUT2D eigenvalue weighted by atomic mass is 10.2. The molecule has 2 N–H and O–H groups in total. The van der Waals surface area contributed by atoms with Gasteiger partial charge in [0.1, 0.15) is 0 Å². The molecule has 2 nitrogen and oxygen atoms in total. The van der Waals surface area contributed by atoms with Crippen molar-refractivity contribution in [1.29, 1.82) is 0 Å². The Bertz CT molecular complexity index is 358. The monoisotopic (exact) mass is 337 g/mol. The van der Waals surface area contributed by atoms with E-state index in [1.165, 1.54) is 0 Å². The predicted molar refractivity (Wildman–Crippen MR) is 71.4 cm³/mol. The molecule has 1 aliphatic carbocycles.